The van der Waals surface area contributed by atoms with E-state index in [0.717, 1.165) is 21.7 Å². The zero-order valence-corrected chi connectivity index (χ0v) is 11.8. The van der Waals surface area contributed by atoms with Gasteiger partial charge in [0.15, 0.2) is 0 Å². The molecule has 0 aliphatic heterocycles. The van der Waals surface area contributed by atoms with E-state index in [9.17, 15) is 4.79 Å². The maximum absolute atomic E-state index is 11.9. The van der Waals surface area contributed by atoms with E-state index in [-0.39, 0.29) is 6.03 Å². The van der Waals surface area contributed by atoms with Crippen LogP contribution in [0.2, 0.25) is 0 Å². The predicted octanol–water partition coefficient (Wildman–Crippen LogP) is 4.24. The van der Waals surface area contributed by atoms with Gasteiger partial charge in [-0.1, -0.05) is 18.2 Å². The van der Waals surface area contributed by atoms with Crippen molar-refractivity contribution < 1.29 is 4.79 Å². The van der Waals surface area contributed by atoms with Gasteiger partial charge in [-0.15, -0.1) is 12.6 Å². The summed E-state index contributed by atoms with van der Waals surface area (Å²) in [5, 5.41) is 5.59. The first-order valence-corrected chi connectivity index (χ1v) is 6.43. The molecule has 0 saturated heterocycles. The van der Waals surface area contributed by atoms with Gasteiger partial charge in [0.2, 0.25) is 0 Å². The summed E-state index contributed by atoms with van der Waals surface area (Å²) >= 11 is 4.29. The van der Waals surface area contributed by atoms with Gasteiger partial charge in [-0.2, -0.15) is 0 Å². The minimum absolute atomic E-state index is 0.272. The number of carbonyl (C=O) groups excluding carboxylic acids is 1. The largest absolute Gasteiger partial charge is 0.323 e. The molecule has 2 amide bonds. The van der Waals surface area contributed by atoms with Gasteiger partial charge in [-0.05, 0) is 49.2 Å². The van der Waals surface area contributed by atoms with Crippen molar-refractivity contribution in [3.63, 3.8) is 0 Å². The highest BCUT2D eigenvalue weighted by molar-refractivity contribution is 7.80. The van der Waals surface area contributed by atoms with Crippen molar-refractivity contribution >= 4 is 30.0 Å². The van der Waals surface area contributed by atoms with E-state index in [2.05, 4.69) is 29.3 Å². The molecule has 2 N–H and O–H groups in total. The summed E-state index contributed by atoms with van der Waals surface area (Å²) in [6, 6.07) is 13.0. The number of nitrogens with one attached hydrogen (secondary N) is 2. The quantitative estimate of drug-likeness (QED) is 0.703. The van der Waals surface area contributed by atoms with Crippen molar-refractivity contribution in [2.45, 2.75) is 18.7 Å². The van der Waals surface area contributed by atoms with E-state index in [1.165, 1.54) is 0 Å². The fourth-order valence-corrected chi connectivity index (χ4v) is 2.13. The minimum Gasteiger partial charge on any atom is -0.308 e. The Bertz CT molecular complexity index is 591. The van der Waals surface area contributed by atoms with Crippen molar-refractivity contribution in [3.05, 3.63) is 53.6 Å². The summed E-state index contributed by atoms with van der Waals surface area (Å²) in [5.41, 5.74) is 3.70. The molecular formula is C15H16N2OS. The Hall–Kier alpha value is -1.94. The Balaban J connectivity index is 2.07. The van der Waals surface area contributed by atoms with E-state index < -0.39 is 0 Å². The van der Waals surface area contributed by atoms with Gasteiger partial charge in [0, 0.05) is 10.6 Å². The van der Waals surface area contributed by atoms with Crippen molar-refractivity contribution in [2.24, 2.45) is 0 Å². The summed E-state index contributed by atoms with van der Waals surface area (Å²) in [4.78, 5) is 12.6. The second-order valence-electron chi connectivity index (χ2n) is 4.47. The van der Waals surface area contributed by atoms with E-state index in [1.807, 2.05) is 50.2 Å². The number of aryl methyl sites for hydroxylation is 2. The van der Waals surface area contributed by atoms with Crippen LogP contribution in [0.3, 0.4) is 0 Å². The number of anilines is 2. The number of rotatable bonds is 2. The number of amides is 2. The fraction of sp³-hybridized carbons (Fsp3) is 0.133. The smallest absolute Gasteiger partial charge is 0.308 e. The molecule has 0 heterocycles. The van der Waals surface area contributed by atoms with Crippen LogP contribution in [0.25, 0.3) is 0 Å². The molecule has 19 heavy (non-hydrogen) atoms. The van der Waals surface area contributed by atoms with E-state index in [4.69, 9.17) is 0 Å². The van der Waals surface area contributed by atoms with Crippen LogP contribution in [0, 0.1) is 13.8 Å². The lowest BCUT2D eigenvalue weighted by molar-refractivity contribution is 0.262. The molecule has 0 spiro atoms. The molecule has 2 rings (SSSR count). The third-order valence-electron chi connectivity index (χ3n) is 2.63. The fourth-order valence-electron chi connectivity index (χ4n) is 1.91. The molecule has 0 saturated carbocycles. The Kier molecular flexibility index (Phi) is 4.12. The van der Waals surface area contributed by atoms with Gasteiger partial charge >= 0.3 is 6.03 Å². The summed E-state index contributed by atoms with van der Waals surface area (Å²) in [7, 11) is 0. The second kappa shape index (κ2) is 5.80. The molecule has 2 aromatic rings. The average molecular weight is 272 g/mol. The Morgan fingerprint density at radius 2 is 1.63 bits per heavy atom. The van der Waals surface area contributed by atoms with Gasteiger partial charge < -0.3 is 10.6 Å². The molecule has 2 aromatic carbocycles. The SMILES string of the molecule is Cc1cc(C)cc(NC(=O)Nc2ccccc2S)c1. The Morgan fingerprint density at radius 3 is 2.26 bits per heavy atom. The normalized spacial score (nSPS) is 10.1. The van der Waals surface area contributed by atoms with Crippen LogP contribution in [0.5, 0.6) is 0 Å². The number of hydrogen-bond acceptors (Lipinski definition) is 2. The lowest BCUT2D eigenvalue weighted by atomic mass is 10.1. The van der Waals surface area contributed by atoms with Gasteiger partial charge in [0.25, 0.3) is 0 Å². The van der Waals surface area contributed by atoms with Crippen LogP contribution < -0.4 is 10.6 Å². The van der Waals surface area contributed by atoms with Crippen molar-refractivity contribution in [2.75, 3.05) is 10.6 Å². The Labute approximate surface area is 118 Å². The highest BCUT2D eigenvalue weighted by Crippen LogP contribution is 2.19. The van der Waals surface area contributed by atoms with Crippen LogP contribution >= 0.6 is 12.6 Å². The Morgan fingerprint density at radius 1 is 1.00 bits per heavy atom. The lowest BCUT2D eigenvalue weighted by Gasteiger charge is -2.10. The molecule has 0 aliphatic carbocycles. The highest BCUT2D eigenvalue weighted by Gasteiger charge is 2.05. The number of thiol groups is 1. The van der Waals surface area contributed by atoms with Crippen molar-refractivity contribution in [1.82, 2.24) is 0 Å². The van der Waals surface area contributed by atoms with Crippen molar-refractivity contribution in [3.8, 4) is 0 Å². The third-order valence-corrected chi connectivity index (χ3v) is 3.02. The molecule has 4 heteroatoms. The van der Waals surface area contributed by atoms with Crippen LogP contribution in [0.4, 0.5) is 16.2 Å². The van der Waals surface area contributed by atoms with Crippen LogP contribution in [0.15, 0.2) is 47.4 Å². The lowest BCUT2D eigenvalue weighted by Crippen LogP contribution is -2.19. The number of hydrogen-bond donors (Lipinski definition) is 3. The number of urea groups is 1. The third kappa shape index (κ3) is 3.76. The standard InChI is InChI=1S/C15H16N2OS/c1-10-7-11(2)9-12(8-10)16-15(18)17-13-5-3-4-6-14(13)19/h3-9,19H,1-2H3,(H2,16,17,18). The van der Waals surface area contributed by atoms with E-state index in [1.54, 1.807) is 0 Å². The predicted molar refractivity (Wildman–Crippen MR) is 82.3 cm³/mol. The van der Waals surface area contributed by atoms with Crippen LogP contribution in [-0.2, 0) is 0 Å². The first kappa shape index (κ1) is 13.5. The summed E-state index contributed by atoms with van der Waals surface area (Å²) in [6.45, 7) is 4.00. The molecule has 0 aliphatic rings. The molecule has 0 unspecified atom stereocenters. The minimum atomic E-state index is -0.272. The monoisotopic (exact) mass is 272 g/mol. The zero-order valence-electron chi connectivity index (χ0n) is 10.9. The number of carbonyl (C=O) groups is 1. The number of para-hydroxylation sites is 1. The summed E-state index contributed by atoms with van der Waals surface area (Å²) < 4.78 is 0. The molecule has 0 fully saturated rings. The highest BCUT2D eigenvalue weighted by atomic mass is 32.1. The van der Waals surface area contributed by atoms with Gasteiger partial charge in [0.05, 0.1) is 5.69 Å². The second-order valence-corrected chi connectivity index (χ2v) is 4.95. The molecule has 98 valence electrons. The van der Waals surface area contributed by atoms with E-state index >= 15 is 0 Å². The maximum Gasteiger partial charge on any atom is 0.323 e. The molecular weight excluding hydrogens is 256 g/mol. The summed E-state index contributed by atoms with van der Waals surface area (Å²) in [5.74, 6) is 0. The van der Waals surface area contributed by atoms with E-state index in [0.29, 0.717) is 5.69 Å². The van der Waals surface area contributed by atoms with Crippen LogP contribution in [0.1, 0.15) is 11.1 Å². The van der Waals surface area contributed by atoms with Crippen molar-refractivity contribution in [1.29, 1.82) is 0 Å². The molecule has 0 radical (unpaired) electrons. The van der Waals surface area contributed by atoms with Gasteiger partial charge in [-0.3, -0.25) is 0 Å². The zero-order chi connectivity index (χ0) is 13.8. The molecule has 3 nitrogen and oxygen atoms in total. The van der Waals surface area contributed by atoms with Crippen LogP contribution in [-0.4, -0.2) is 6.03 Å². The molecule has 0 atom stereocenters. The molecule has 0 aromatic heterocycles. The number of benzene rings is 2. The topological polar surface area (TPSA) is 41.1 Å². The van der Waals surface area contributed by atoms with Gasteiger partial charge in [-0.25, -0.2) is 4.79 Å². The first-order valence-electron chi connectivity index (χ1n) is 5.99. The van der Waals surface area contributed by atoms with Gasteiger partial charge in [0.1, 0.15) is 0 Å². The molecule has 0 bridgehead atoms. The first-order chi connectivity index (χ1) is 9.04. The maximum atomic E-state index is 11.9. The average Bonchev–Trinajstić information content (AvgIpc) is 2.30. The summed E-state index contributed by atoms with van der Waals surface area (Å²) in [6.07, 6.45) is 0.